The van der Waals surface area contributed by atoms with Crippen LogP contribution < -0.4 is 10.1 Å². The van der Waals surface area contributed by atoms with Gasteiger partial charge in [-0.2, -0.15) is 0 Å². The van der Waals surface area contributed by atoms with Crippen LogP contribution in [0.25, 0.3) is 10.9 Å². The largest absolute Gasteiger partial charge is 0.497 e. The molecule has 1 fully saturated rings. The number of rotatable bonds is 2. The Hall–Kier alpha value is -1.72. The van der Waals surface area contributed by atoms with E-state index in [0.29, 0.717) is 0 Å². The fraction of sp³-hybridized carbons (Fsp3) is 0.400. The van der Waals surface area contributed by atoms with E-state index in [1.54, 1.807) is 7.11 Å². The zero-order chi connectivity index (χ0) is 14.1. The zero-order valence-electron chi connectivity index (χ0n) is 12.3. The van der Waals surface area contributed by atoms with Crippen LogP contribution in [0.15, 0.2) is 24.3 Å². The van der Waals surface area contributed by atoms with Crippen molar-refractivity contribution < 1.29 is 9.53 Å². The van der Waals surface area contributed by atoms with E-state index >= 15 is 0 Å². The fourth-order valence-electron chi connectivity index (χ4n) is 2.67. The Morgan fingerprint density at radius 1 is 1.24 bits per heavy atom. The van der Waals surface area contributed by atoms with Gasteiger partial charge in [-0.05, 0) is 18.2 Å². The van der Waals surface area contributed by atoms with Crippen molar-refractivity contribution in [2.75, 3.05) is 33.3 Å². The highest BCUT2D eigenvalue weighted by Crippen LogP contribution is 2.24. The number of nitrogens with zero attached hydrogens (tertiary/aromatic N) is 2. The monoisotopic (exact) mass is 309 g/mol. The summed E-state index contributed by atoms with van der Waals surface area (Å²) in [5.41, 5.74) is 1.75. The van der Waals surface area contributed by atoms with E-state index in [9.17, 15) is 4.79 Å². The fourth-order valence-corrected chi connectivity index (χ4v) is 2.67. The molecule has 0 radical (unpaired) electrons. The molecule has 1 amide bonds. The highest BCUT2D eigenvalue weighted by Gasteiger charge is 2.21. The molecule has 2 aromatic rings. The van der Waals surface area contributed by atoms with Crippen LogP contribution in [0.5, 0.6) is 5.75 Å². The van der Waals surface area contributed by atoms with Crippen LogP contribution in [-0.4, -0.2) is 48.7 Å². The number of hydrogen-bond donors (Lipinski definition) is 1. The molecule has 0 saturated carbocycles. The molecule has 114 valence electrons. The number of methoxy groups -OCH3 is 1. The maximum Gasteiger partial charge on any atom is 0.270 e. The first-order valence-corrected chi connectivity index (χ1v) is 6.84. The Balaban J connectivity index is 0.00000161. The van der Waals surface area contributed by atoms with Gasteiger partial charge in [0.1, 0.15) is 11.4 Å². The molecule has 6 heteroatoms. The van der Waals surface area contributed by atoms with Gasteiger partial charge in [-0.25, -0.2) is 0 Å². The van der Waals surface area contributed by atoms with E-state index in [4.69, 9.17) is 4.74 Å². The Bertz CT molecular complexity index is 648. The lowest BCUT2D eigenvalue weighted by Gasteiger charge is -2.27. The van der Waals surface area contributed by atoms with E-state index in [1.165, 1.54) is 0 Å². The molecule has 0 aliphatic carbocycles. The molecule has 21 heavy (non-hydrogen) atoms. The molecule has 1 aliphatic heterocycles. The lowest BCUT2D eigenvalue weighted by atomic mass is 10.2. The van der Waals surface area contributed by atoms with Crippen LogP contribution in [0.3, 0.4) is 0 Å². The third-order valence-corrected chi connectivity index (χ3v) is 3.88. The summed E-state index contributed by atoms with van der Waals surface area (Å²) in [7, 11) is 3.58. The third-order valence-electron chi connectivity index (χ3n) is 3.88. The topological polar surface area (TPSA) is 46.5 Å². The number of benzene rings is 1. The van der Waals surface area contributed by atoms with Gasteiger partial charge in [-0.15, -0.1) is 12.4 Å². The smallest absolute Gasteiger partial charge is 0.270 e. The molecule has 0 spiro atoms. The van der Waals surface area contributed by atoms with Crippen LogP contribution >= 0.6 is 12.4 Å². The molecule has 2 heterocycles. The number of aromatic nitrogens is 1. The predicted octanol–water partition coefficient (Wildman–Crippen LogP) is 1.65. The van der Waals surface area contributed by atoms with Gasteiger partial charge in [0.2, 0.25) is 0 Å². The average molecular weight is 310 g/mol. The number of ether oxygens (including phenoxy) is 1. The van der Waals surface area contributed by atoms with Crippen LogP contribution in [0, 0.1) is 0 Å². The maximum atomic E-state index is 12.6. The Labute approximate surface area is 130 Å². The Kier molecular flexibility index (Phi) is 4.75. The molecular weight excluding hydrogens is 290 g/mol. The second-order valence-corrected chi connectivity index (χ2v) is 5.06. The molecule has 0 unspecified atom stereocenters. The first kappa shape index (κ1) is 15.7. The summed E-state index contributed by atoms with van der Waals surface area (Å²) < 4.78 is 7.19. The standard InChI is InChI=1S/C15H19N3O2.ClH/c1-17-13-10-12(20-2)4-3-11(13)9-14(17)15(19)18-7-5-16-6-8-18;/h3-4,9-10,16H,5-8H2,1-2H3;1H. The number of halogens is 1. The first-order valence-electron chi connectivity index (χ1n) is 6.84. The van der Waals surface area contributed by atoms with Crippen molar-refractivity contribution in [3.8, 4) is 5.75 Å². The summed E-state index contributed by atoms with van der Waals surface area (Å²) in [6.07, 6.45) is 0. The highest BCUT2D eigenvalue weighted by atomic mass is 35.5. The summed E-state index contributed by atoms with van der Waals surface area (Å²) in [5.74, 6) is 0.907. The molecule has 5 nitrogen and oxygen atoms in total. The van der Waals surface area contributed by atoms with Gasteiger partial charge in [0, 0.05) is 44.7 Å². The quantitative estimate of drug-likeness (QED) is 0.917. The van der Waals surface area contributed by atoms with Crippen molar-refractivity contribution in [1.82, 2.24) is 14.8 Å². The highest BCUT2D eigenvalue weighted by molar-refractivity contribution is 5.99. The van der Waals surface area contributed by atoms with Crippen molar-refractivity contribution in [3.63, 3.8) is 0 Å². The van der Waals surface area contributed by atoms with E-state index in [0.717, 1.165) is 48.5 Å². The van der Waals surface area contributed by atoms with Crippen molar-refractivity contribution in [1.29, 1.82) is 0 Å². The molecular formula is C15H20ClN3O2. The summed E-state index contributed by atoms with van der Waals surface area (Å²) in [5, 5.41) is 4.32. The predicted molar refractivity (Wildman–Crippen MR) is 85.5 cm³/mol. The van der Waals surface area contributed by atoms with Gasteiger partial charge in [0.25, 0.3) is 5.91 Å². The zero-order valence-corrected chi connectivity index (χ0v) is 13.1. The van der Waals surface area contributed by atoms with E-state index < -0.39 is 0 Å². The summed E-state index contributed by atoms with van der Waals surface area (Å²) in [6, 6.07) is 7.83. The summed E-state index contributed by atoms with van der Waals surface area (Å²) >= 11 is 0. The molecule has 1 aromatic carbocycles. The Morgan fingerprint density at radius 3 is 2.62 bits per heavy atom. The molecule has 0 bridgehead atoms. The van der Waals surface area contributed by atoms with Gasteiger partial charge in [-0.3, -0.25) is 4.79 Å². The molecule has 1 aliphatic rings. The molecule has 0 atom stereocenters. The SMILES string of the molecule is COc1ccc2cc(C(=O)N3CCNCC3)n(C)c2c1.Cl. The lowest BCUT2D eigenvalue weighted by molar-refractivity contribution is 0.0726. The normalized spacial score (nSPS) is 14.9. The van der Waals surface area contributed by atoms with Crippen LogP contribution in [0.2, 0.25) is 0 Å². The number of carbonyl (C=O) groups is 1. The maximum absolute atomic E-state index is 12.6. The van der Waals surface area contributed by atoms with Gasteiger partial charge in [-0.1, -0.05) is 0 Å². The van der Waals surface area contributed by atoms with Crippen LogP contribution in [-0.2, 0) is 7.05 Å². The van der Waals surface area contributed by atoms with Crippen molar-refractivity contribution in [2.24, 2.45) is 7.05 Å². The summed E-state index contributed by atoms with van der Waals surface area (Å²) in [4.78, 5) is 14.5. The van der Waals surface area contributed by atoms with Crippen molar-refractivity contribution in [2.45, 2.75) is 0 Å². The number of amides is 1. The lowest BCUT2D eigenvalue weighted by Crippen LogP contribution is -2.46. The minimum atomic E-state index is 0. The second kappa shape index (κ2) is 6.37. The molecule has 1 N–H and O–H groups in total. The van der Waals surface area contributed by atoms with Crippen LogP contribution in [0.1, 0.15) is 10.5 Å². The third kappa shape index (κ3) is 2.84. The first-order chi connectivity index (χ1) is 9.70. The Morgan fingerprint density at radius 2 is 1.95 bits per heavy atom. The molecule has 1 saturated heterocycles. The number of carbonyl (C=O) groups excluding carboxylic acids is 1. The minimum Gasteiger partial charge on any atom is -0.497 e. The van der Waals surface area contributed by atoms with Crippen molar-refractivity contribution >= 4 is 29.2 Å². The van der Waals surface area contributed by atoms with Gasteiger partial charge < -0.3 is 19.5 Å². The van der Waals surface area contributed by atoms with Gasteiger partial charge in [0.05, 0.1) is 12.6 Å². The van der Waals surface area contributed by atoms with E-state index in [2.05, 4.69) is 5.32 Å². The van der Waals surface area contributed by atoms with Gasteiger partial charge >= 0.3 is 0 Å². The van der Waals surface area contributed by atoms with Gasteiger partial charge in [0.15, 0.2) is 0 Å². The number of fused-ring (bicyclic) bond motifs is 1. The average Bonchev–Trinajstić information content (AvgIpc) is 2.84. The molecule has 1 aromatic heterocycles. The minimum absolute atomic E-state index is 0. The van der Waals surface area contributed by atoms with E-state index in [-0.39, 0.29) is 18.3 Å². The van der Waals surface area contributed by atoms with Crippen molar-refractivity contribution in [3.05, 3.63) is 30.0 Å². The number of nitrogens with one attached hydrogen (secondary N) is 1. The number of aryl methyl sites for hydroxylation is 1. The number of hydrogen-bond acceptors (Lipinski definition) is 3. The van der Waals surface area contributed by atoms with Crippen LogP contribution in [0.4, 0.5) is 0 Å². The molecule has 3 rings (SSSR count). The number of piperazine rings is 1. The summed E-state index contributed by atoms with van der Waals surface area (Å²) in [6.45, 7) is 3.26. The van der Waals surface area contributed by atoms with E-state index in [1.807, 2.05) is 40.8 Å². The second-order valence-electron chi connectivity index (χ2n) is 5.06.